The second kappa shape index (κ2) is 6.58. The van der Waals surface area contributed by atoms with Gasteiger partial charge in [-0.25, -0.2) is 0 Å². The molecule has 0 spiro atoms. The minimum atomic E-state index is -0.599. The van der Waals surface area contributed by atoms with Gasteiger partial charge in [0.1, 0.15) is 6.10 Å². The first-order valence-corrected chi connectivity index (χ1v) is 7.98. The third-order valence-electron chi connectivity index (χ3n) is 4.02. The molecule has 2 aromatic carbocycles. The first kappa shape index (κ1) is 15.8. The first-order valence-electron chi connectivity index (χ1n) is 7.98. The van der Waals surface area contributed by atoms with E-state index in [1.165, 1.54) is 11.1 Å². The van der Waals surface area contributed by atoms with E-state index in [-0.39, 0.29) is 12.0 Å². The Hall–Kier alpha value is -2.08. The number of benzene rings is 2. The average molecular weight is 306 g/mol. The number of hydrogen-bond donors (Lipinski definition) is 0. The van der Waals surface area contributed by atoms with Gasteiger partial charge in [0.25, 0.3) is 0 Å². The molecule has 118 valence electrons. The summed E-state index contributed by atoms with van der Waals surface area (Å²) in [5, 5.41) is 0. The van der Waals surface area contributed by atoms with E-state index in [1.54, 1.807) is 0 Å². The molecule has 1 aliphatic rings. The van der Waals surface area contributed by atoms with Crippen molar-refractivity contribution < 1.29 is 9.47 Å². The molecule has 0 aromatic heterocycles. The molecule has 1 heterocycles. The molecular weight excluding hydrogens is 284 g/mol. The summed E-state index contributed by atoms with van der Waals surface area (Å²) in [6, 6.07) is 18.6. The SMILES string of the molecule is Cc1ccc(C#CC2OC(C)(C)OCC2c2ccccc2)cc1. The normalized spacial score (nSPS) is 22.9. The fourth-order valence-electron chi connectivity index (χ4n) is 2.69. The molecule has 2 atom stereocenters. The minimum absolute atomic E-state index is 0.127. The van der Waals surface area contributed by atoms with Gasteiger partial charge in [-0.2, -0.15) is 0 Å². The van der Waals surface area contributed by atoms with Gasteiger partial charge in [-0.1, -0.05) is 59.9 Å². The second-order valence-electron chi connectivity index (χ2n) is 6.40. The van der Waals surface area contributed by atoms with Crippen molar-refractivity contribution in [3.63, 3.8) is 0 Å². The molecular formula is C21H22O2. The van der Waals surface area contributed by atoms with E-state index in [0.717, 1.165) is 5.56 Å². The summed E-state index contributed by atoms with van der Waals surface area (Å²) >= 11 is 0. The van der Waals surface area contributed by atoms with Crippen molar-refractivity contribution in [2.75, 3.05) is 6.61 Å². The molecule has 2 unspecified atom stereocenters. The number of ether oxygens (including phenoxy) is 2. The van der Waals surface area contributed by atoms with Crippen LogP contribution < -0.4 is 0 Å². The molecule has 2 nitrogen and oxygen atoms in total. The molecule has 0 radical (unpaired) electrons. The summed E-state index contributed by atoms with van der Waals surface area (Å²) in [6.07, 6.45) is -0.178. The Labute approximate surface area is 138 Å². The second-order valence-corrected chi connectivity index (χ2v) is 6.40. The lowest BCUT2D eigenvalue weighted by molar-refractivity contribution is -0.268. The average Bonchev–Trinajstić information content (AvgIpc) is 2.54. The third-order valence-corrected chi connectivity index (χ3v) is 4.02. The summed E-state index contributed by atoms with van der Waals surface area (Å²) in [6.45, 7) is 6.57. The monoisotopic (exact) mass is 306 g/mol. The highest BCUT2D eigenvalue weighted by molar-refractivity contribution is 5.38. The number of rotatable bonds is 1. The van der Waals surface area contributed by atoms with Crippen molar-refractivity contribution in [1.82, 2.24) is 0 Å². The highest BCUT2D eigenvalue weighted by Gasteiger charge is 2.36. The standard InChI is InChI=1S/C21H22O2/c1-16-9-11-17(12-10-16)13-14-20-19(15-22-21(2,3)23-20)18-7-5-4-6-8-18/h4-12,19-20H,15H2,1-3H3. The van der Waals surface area contributed by atoms with Crippen LogP contribution in [0.15, 0.2) is 54.6 Å². The van der Waals surface area contributed by atoms with E-state index in [0.29, 0.717) is 6.61 Å². The highest BCUT2D eigenvalue weighted by atomic mass is 16.7. The summed E-state index contributed by atoms with van der Waals surface area (Å²) in [5.74, 6) is 6.09. The van der Waals surface area contributed by atoms with Crippen LogP contribution in [0.2, 0.25) is 0 Å². The molecule has 2 aromatic rings. The van der Waals surface area contributed by atoms with Gasteiger partial charge in [-0.15, -0.1) is 0 Å². The summed E-state index contributed by atoms with van der Waals surface area (Å²) in [5.41, 5.74) is 3.45. The van der Waals surface area contributed by atoms with Gasteiger partial charge in [-0.3, -0.25) is 0 Å². The van der Waals surface area contributed by atoms with Gasteiger partial charge in [0, 0.05) is 11.5 Å². The molecule has 1 saturated heterocycles. The maximum atomic E-state index is 6.09. The van der Waals surface area contributed by atoms with Crippen LogP contribution in [-0.2, 0) is 9.47 Å². The zero-order valence-electron chi connectivity index (χ0n) is 13.9. The van der Waals surface area contributed by atoms with Crippen molar-refractivity contribution in [2.24, 2.45) is 0 Å². The van der Waals surface area contributed by atoms with Crippen LogP contribution in [0.3, 0.4) is 0 Å². The molecule has 0 amide bonds. The van der Waals surface area contributed by atoms with Gasteiger partial charge < -0.3 is 9.47 Å². The molecule has 0 aliphatic carbocycles. The van der Waals surface area contributed by atoms with Crippen LogP contribution in [0, 0.1) is 18.8 Å². The van der Waals surface area contributed by atoms with Gasteiger partial charge in [0.05, 0.1) is 6.61 Å². The van der Waals surface area contributed by atoms with Gasteiger partial charge in [0.2, 0.25) is 0 Å². The van der Waals surface area contributed by atoms with Gasteiger partial charge >= 0.3 is 0 Å². The Morgan fingerprint density at radius 1 is 1.00 bits per heavy atom. The highest BCUT2D eigenvalue weighted by Crippen LogP contribution is 2.32. The van der Waals surface area contributed by atoms with Crippen LogP contribution in [-0.4, -0.2) is 18.5 Å². The van der Waals surface area contributed by atoms with E-state index >= 15 is 0 Å². The quantitative estimate of drug-likeness (QED) is 0.732. The molecule has 0 N–H and O–H groups in total. The van der Waals surface area contributed by atoms with Crippen molar-refractivity contribution in [1.29, 1.82) is 0 Å². The summed E-state index contributed by atoms with van der Waals surface area (Å²) < 4.78 is 11.9. The molecule has 1 aliphatic heterocycles. The zero-order valence-corrected chi connectivity index (χ0v) is 13.9. The van der Waals surface area contributed by atoms with Crippen LogP contribution >= 0.6 is 0 Å². The Bertz CT molecular complexity index is 705. The van der Waals surface area contributed by atoms with E-state index in [9.17, 15) is 0 Å². The lowest BCUT2D eigenvalue weighted by atomic mass is 9.92. The molecule has 2 heteroatoms. The Kier molecular flexibility index (Phi) is 4.52. The lowest BCUT2D eigenvalue weighted by Crippen LogP contribution is -2.43. The number of hydrogen-bond acceptors (Lipinski definition) is 2. The van der Waals surface area contributed by atoms with E-state index in [1.807, 2.05) is 44.2 Å². The van der Waals surface area contributed by atoms with E-state index in [2.05, 4.69) is 43.0 Å². The smallest absolute Gasteiger partial charge is 0.164 e. The van der Waals surface area contributed by atoms with E-state index in [4.69, 9.17) is 9.47 Å². The molecule has 0 saturated carbocycles. The van der Waals surface area contributed by atoms with Crippen LogP contribution in [0.25, 0.3) is 0 Å². The lowest BCUT2D eigenvalue weighted by Gasteiger charge is -2.39. The maximum Gasteiger partial charge on any atom is 0.164 e. The fourth-order valence-corrected chi connectivity index (χ4v) is 2.69. The van der Waals surface area contributed by atoms with Crippen LogP contribution in [0.1, 0.15) is 36.5 Å². The largest absolute Gasteiger partial charge is 0.350 e. The van der Waals surface area contributed by atoms with Crippen molar-refractivity contribution in [3.8, 4) is 11.8 Å². The zero-order chi connectivity index (χ0) is 16.3. The molecule has 3 rings (SSSR count). The van der Waals surface area contributed by atoms with Crippen molar-refractivity contribution in [2.45, 2.75) is 38.6 Å². The van der Waals surface area contributed by atoms with Crippen molar-refractivity contribution >= 4 is 0 Å². The molecule has 23 heavy (non-hydrogen) atoms. The van der Waals surface area contributed by atoms with E-state index < -0.39 is 5.79 Å². The van der Waals surface area contributed by atoms with Crippen molar-refractivity contribution in [3.05, 3.63) is 71.3 Å². The Balaban J connectivity index is 1.87. The Morgan fingerprint density at radius 2 is 1.70 bits per heavy atom. The summed E-state index contributed by atoms with van der Waals surface area (Å²) in [4.78, 5) is 0. The van der Waals surface area contributed by atoms with Crippen LogP contribution in [0.5, 0.6) is 0 Å². The molecule has 0 bridgehead atoms. The predicted octanol–water partition coefficient (Wildman–Crippen LogP) is 4.28. The Morgan fingerprint density at radius 3 is 2.39 bits per heavy atom. The number of aryl methyl sites for hydroxylation is 1. The van der Waals surface area contributed by atoms with Crippen LogP contribution in [0.4, 0.5) is 0 Å². The first-order chi connectivity index (χ1) is 11.0. The topological polar surface area (TPSA) is 18.5 Å². The summed E-state index contributed by atoms with van der Waals surface area (Å²) in [7, 11) is 0. The van der Waals surface area contributed by atoms with Gasteiger partial charge in [-0.05, 0) is 38.5 Å². The fraction of sp³-hybridized carbons (Fsp3) is 0.333. The third kappa shape index (κ3) is 4.01. The molecule has 1 fully saturated rings. The van der Waals surface area contributed by atoms with Gasteiger partial charge in [0.15, 0.2) is 5.79 Å². The predicted molar refractivity (Wildman–Crippen MR) is 92.1 cm³/mol. The minimum Gasteiger partial charge on any atom is -0.350 e. The maximum absolute atomic E-state index is 6.09.